The fraction of sp³-hybridized carbons (Fsp3) is 0.538. The smallest absolute Gasteiger partial charge is 0.151 e. The second-order valence-corrected chi connectivity index (χ2v) is 6.90. The molecule has 1 unspecified atom stereocenters. The minimum absolute atomic E-state index is 0.124. The fourth-order valence-electron chi connectivity index (χ4n) is 1.69. The lowest BCUT2D eigenvalue weighted by Gasteiger charge is -2.13. The second kappa shape index (κ2) is 6.85. The second-order valence-electron chi connectivity index (χ2n) is 4.43. The first kappa shape index (κ1) is 15.1. The number of rotatable bonds is 7. The number of hydrogen-bond donors (Lipinski definition) is 1. The van der Waals surface area contributed by atoms with Crippen molar-refractivity contribution in [3.05, 3.63) is 35.6 Å². The lowest BCUT2D eigenvalue weighted by atomic mass is 10.1. The van der Waals surface area contributed by atoms with E-state index >= 15 is 0 Å². The first-order chi connectivity index (χ1) is 8.43. The van der Waals surface area contributed by atoms with Crippen LogP contribution in [0, 0.1) is 5.82 Å². The molecule has 0 radical (unpaired) electrons. The van der Waals surface area contributed by atoms with Crippen LogP contribution in [0.1, 0.15) is 19.4 Å². The zero-order chi connectivity index (χ0) is 13.6. The highest BCUT2D eigenvalue weighted by Gasteiger charge is 2.08. The van der Waals surface area contributed by atoms with Gasteiger partial charge in [-0.2, -0.15) is 0 Å². The highest BCUT2D eigenvalue weighted by atomic mass is 32.2. The predicted molar refractivity (Wildman–Crippen MR) is 71.9 cm³/mol. The van der Waals surface area contributed by atoms with E-state index in [1.165, 1.54) is 12.1 Å². The van der Waals surface area contributed by atoms with E-state index in [-0.39, 0.29) is 23.4 Å². The van der Waals surface area contributed by atoms with Crippen molar-refractivity contribution in [2.45, 2.75) is 26.3 Å². The molecule has 0 aliphatic carbocycles. The molecule has 0 saturated carbocycles. The van der Waals surface area contributed by atoms with Gasteiger partial charge in [0.05, 0.1) is 5.75 Å². The Labute approximate surface area is 108 Å². The Kier molecular flexibility index (Phi) is 5.75. The molecule has 0 spiro atoms. The molecule has 102 valence electrons. The van der Waals surface area contributed by atoms with Crippen molar-refractivity contribution in [1.82, 2.24) is 5.32 Å². The zero-order valence-electron chi connectivity index (χ0n) is 10.8. The van der Waals surface area contributed by atoms with Crippen LogP contribution in [-0.4, -0.2) is 32.5 Å². The summed E-state index contributed by atoms with van der Waals surface area (Å²) in [5, 5.41) is 3.14. The third-order valence-corrected chi connectivity index (χ3v) is 4.48. The Bertz CT molecular complexity index is 474. The van der Waals surface area contributed by atoms with Crippen LogP contribution >= 0.6 is 0 Å². The lowest BCUT2D eigenvalue weighted by molar-refractivity contribution is 0.552. The normalized spacial score (nSPS) is 13.5. The average Bonchev–Trinajstić information content (AvgIpc) is 2.28. The number of hydrogen-bond acceptors (Lipinski definition) is 3. The predicted octanol–water partition coefficient (Wildman–Crippen LogP) is 1.78. The largest absolute Gasteiger partial charge is 0.313 e. The van der Waals surface area contributed by atoms with Gasteiger partial charge in [-0.3, -0.25) is 0 Å². The van der Waals surface area contributed by atoms with Gasteiger partial charge < -0.3 is 5.32 Å². The van der Waals surface area contributed by atoms with E-state index < -0.39 is 9.84 Å². The molecular formula is C13H20FNO2S. The van der Waals surface area contributed by atoms with Crippen molar-refractivity contribution in [3.63, 3.8) is 0 Å². The summed E-state index contributed by atoms with van der Waals surface area (Å²) in [6.45, 7) is 4.04. The first-order valence-electron chi connectivity index (χ1n) is 6.11. The maximum absolute atomic E-state index is 13.0. The van der Waals surface area contributed by atoms with E-state index in [1.807, 2.05) is 13.0 Å². The third-order valence-electron chi connectivity index (χ3n) is 2.78. The van der Waals surface area contributed by atoms with Gasteiger partial charge in [0.25, 0.3) is 0 Å². The molecule has 0 amide bonds. The Hall–Kier alpha value is -0.940. The van der Waals surface area contributed by atoms with Gasteiger partial charge >= 0.3 is 0 Å². The summed E-state index contributed by atoms with van der Waals surface area (Å²) in [5.74, 6) is 0.0810. The maximum Gasteiger partial charge on any atom is 0.151 e. The van der Waals surface area contributed by atoms with Crippen molar-refractivity contribution in [3.8, 4) is 0 Å². The first-order valence-corrected chi connectivity index (χ1v) is 7.93. The molecule has 0 bridgehead atoms. The number of nitrogens with one attached hydrogen (secondary N) is 1. The lowest BCUT2D eigenvalue weighted by Crippen LogP contribution is -2.32. The third kappa shape index (κ3) is 5.60. The van der Waals surface area contributed by atoms with E-state index in [4.69, 9.17) is 0 Å². The van der Waals surface area contributed by atoms with Crippen LogP contribution in [-0.2, 0) is 16.3 Å². The van der Waals surface area contributed by atoms with Crippen LogP contribution in [0.2, 0.25) is 0 Å². The fourth-order valence-corrected chi connectivity index (χ4v) is 2.41. The van der Waals surface area contributed by atoms with Gasteiger partial charge in [0, 0.05) is 18.3 Å². The monoisotopic (exact) mass is 273 g/mol. The van der Waals surface area contributed by atoms with Crippen LogP contribution in [0.4, 0.5) is 4.39 Å². The number of halogens is 1. The molecule has 1 aromatic rings. The minimum atomic E-state index is -2.92. The molecular weight excluding hydrogens is 253 g/mol. The highest BCUT2D eigenvalue weighted by Crippen LogP contribution is 2.06. The Morgan fingerprint density at radius 3 is 2.72 bits per heavy atom. The van der Waals surface area contributed by atoms with Crippen molar-refractivity contribution < 1.29 is 12.8 Å². The van der Waals surface area contributed by atoms with E-state index in [0.29, 0.717) is 13.0 Å². The average molecular weight is 273 g/mol. The zero-order valence-corrected chi connectivity index (χ0v) is 11.6. The van der Waals surface area contributed by atoms with Crippen molar-refractivity contribution in [1.29, 1.82) is 0 Å². The maximum atomic E-state index is 13.0. The Morgan fingerprint density at radius 2 is 2.11 bits per heavy atom. The van der Waals surface area contributed by atoms with Gasteiger partial charge in [0.15, 0.2) is 9.84 Å². The van der Waals surface area contributed by atoms with Crippen LogP contribution < -0.4 is 5.32 Å². The summed E-state index contributed by atoms with van der Waals surface area (Å²) >= 11 is 0. The Morgan fingerprint density at radius 1 is 1.39 bits per heavy atom. The molecule has 18 heavy (non-hydrogen) atoms. The summed E-state index contributed by atoms with van der Waals surface area (Å²) in [6.07, 6.45) is 0.684. The molecule has 1 atom stereocenters. The van der Waals surface area contributed by atoms with E-state index in [0.717, 1.165) is 5.56 Å². The molecule has 0 fully saturated rings. The molecule has 3 nitrogen and oxygen atoms in total. The summed E-state index contributed by atoms with van der Waals surface area (Å²) in [6, 6.07) is 6.58. The summed E-state index contributed by atoms with van der Waals surface area (Å²) < 4.78 is 35.6. The molecule has 0 saturated heterocycles. The number of benzene rings is 1. The quantitative estimate of drug-likeness (QED) is 0.823. The van der Waals surface area contributed by atoms with E-state index in [9.17, 15) is 12.8 Å². The SMILES string of the molecule is CCS(=O)(=O)CCNC(C)Cc1cccc(F)c1. The van der Waals surface area contributed by atoms with Crippen molar-refractivity contribution in [2.24, 2.45) is 0 Å². The standard InChI is InChI=1S/C13H20FNO2S/c1-3-18(16,17)8-7-15-11(2)9-12-5-4-6-13(14)10-12/h4-6,10-11,15H,3,7-9H2,1-2H3. The van der Waals surface area contributed by atoms with Crippen molar-refractivity contribution >= 4 is 9.84 Å². The van der Waals surface area contributed by atoms with E-state index in [1.54, 1.807) is 13.0 Å². The Balaban J connectivity index is 2.36. The molecule has 1 rings (SSSR count). The van der Waals surface area contributed by atoms with Crippen LogP contribution in [0.25, 0.3) is 0 Å². The van der Waals surface area contributed by atoms with Gasteiger partial charge in [0.2, 0.25) is 0 Å². The molecule has 0 heterocycles. The molecule has 1 N–H and O–H groups in total. The van der Waals surface area contributed by atoms with E-state index in [2.05, 4.69) is 5.32 Å². The summed E-state index contributed by atoms with van der Waals surface area (Å²) in [4.78, 5) is 0. The highest BCUT2D eigenvalue weighted by molar-refractivity contribution is 7.91. The minimum Gasteiger partial charge on any atom is -0.313 e. The van der Waals surface area contributed by atoms with Crippen LogP contribution in [0.5, 0.6) is 0 Å². The molecule has 0 aromatic heterocycles. The number of sulfone groups is 1. The molecule has 0 aliphatic heterocycles. The van der Waals surface area contributed by atoms with Crippen molar-refractivity contribution in [2.75, 3.05) is 18.1 Å². The van der Waals surface area contributed by atoms with Gasteiger partial charge in [-0.05, 0) is 31.0 Å². The molecule has 1 aromatic carbocycles. The van der Waals surface area contributed by atoms with Crippen LogP contribution in [0.3, 0.4) is 0 Å². The van der Waals surface area contributed by atoms with Gasteiger partial charge in [0.1, 0.15) is 5.82 Å². The summed E-state index contributed by atoms with van der Waals surface area (Å²) in [5.41, 5.74) is 0.911. The van der Waals surface area contributed by atoms with Gasteiger partial charge in [-0.15, -0.1) is 0 Å². The molecule has 5 heteroatoms. The van der Waals surface area contributed by atoms with Gasteiger partial charge in [-0.1, -0.05) is 19.1 Å². The molecule has 0 aliphatic rings. The van der Waals surface area contributed by atoms with Gasteiger partial charge in [-0.25, -0.2) is 12.8 Å². The van der Waals surface area contributed by atoms with Crippen LogP contribution in [0.15, 0.2) is 24.3 Å². The topological polar surface area (TPSA) is 46.2 Å². The summed E-state index contributed by atoms with van der Waals surface area (Å²) in [7, 11) is -2.92.